The van der Waals surface area contributed by atoms with Crippen molar-refractivity contribution in [1.29, 1.82) is 0 Å². The molecule has 3 heterocycles. The Morgan fingerprint density at radius 2 is 1.91 bits per heavy atom. The average Bonchev–Trinajstić information content (AvgIpc) is 3.52. The molecule has 4 rings (SSSR count). The molecule has 0 spiro atoms. The highest BCUT2D eigenvalue weighted by Gasteiger charge is 2.42. The van der Waals surface area contributed by atoms with Crippen LogP contribution in [0.4, 0.5) is 0 Å². The number of β-amino-alcohol motifs (C(OH)–C–C–N with tert-alkyl or cyclic N) is 1. The summed E-state index contributed by atoms with van der Waals surface area (Å²) in [6, 6.07) is 7.65. The maximum atomic E-state index is 13.5. The lowest BCUT2D eigenvalue weighted by molar-refractivity contribution is -0.139. The summed E-state index contributed by atoms with van der Waals surface area (Å²) in [5.41, 5.74) is 5.83. The van der Waals surface area contributed by atoms with E-state index in [0.717, 1.165) is 32.4 Å². The van der Waals surface area contributed by atoms with Crippen LogP contribution in [0.3, 0.4) is 0 Å². The molecule has 2 aromatic heterocycles. The van der Waals surface area contributed by atoms with Gasteiger partial charge in [-0.1, -0.05) is 38.1 Å². The summed E-state index contributed by atoms with van der Waals surface area (Å²) in [6.45, 7) is 8.12. The fraction of sp³-hybridized carbons (Fsp3) is 0.462. The summed E-state index contributed by atoms with van der Waals surface area (Å²) in [5.74, 6) is -0.472. The first kappa shape index (κ1) is 24.7. The third-order valence-electron chi connectivity index (χ3n) is 6.44. The van der Waals surface area contributed by atoms with Crippen molar-refractivity contribution < 1.29 is 14.7 Å². The van der Waals surface area contributed by atoms with Crippen molar-refractivity contribution in [3.8, 4) is 10.4 Å². The standard InChI is InChI=1S/C26H31N3O3S2/c1-15(2)24(21-13-33-17(4)28-21)26(32)29-12-20(30)11-22(29)23(31)10-7-18-5-8-19(9-6-18)25-16(3)27-14-34-25/h5-6,8-9,13-15,20,22,24,30H,7,10-12H2,1-4H3/t20-,22+,24-/m1/s1. The number of amides is 1. The first-order valence-corrected chi connectivity index (χ1v) is 13.4. The number of likely N-dealkylation sites (tertiary alicyclic amines) is 1. The average molecular weight is 498 g/mol. The van der Waals surface area contributed by atoms with Gasteiger partial charge in [-0.2, -0.15) is 0 Å². The van der Waals surface area contributed by atoms with Gasteiger partial charge in [-0.15, -0.1) is 22.7 Å². The number of ketones is 1. The van der Waals surface area contributed by atoms with Gasteiger partial charge in [-0.05, 0) is 37.3 Å². The number of benzene rings is 1. The number of nitrogens with zero attached hydrogens (tertiary/aromatic N) is 3. The summed E-state index contributed by atoms with van der Waals surface area (Å²) in [6.07, 6.45) is 0.566. The van der Waals surface area contributed by atoms with Gasteiger partial charge in [0.2, 0.25) is 5.91 Å². The van der Waals surface area contributed by atoms with E-state index >= 15 is 0 Å². The van der Waals surface area contributed by atoms with Gasteiger partial charge in [-0.25, -0.2) is 9.97 Å². The minimum atomic E-state index is -0.676. The largest absolute Gasteiger partial charge is 0.391 e. The van der Waals surface area contributed by atoms with Gasteiger partial charge in [-0.3, -0.25) is 9.59 Å². The van der Waals surface area contributed by atoms with Gasteiger partial charge < -0.3 is 10.0 Å². The van der Waals surface area contributed by atoms with Crippen molar-refractivity contribution in [1.82, 2.24) is 14.9 Å². The number of hydrogen-bond acceptors (Lipinski definition) is 7. The van der Waals surface area contributed by atoms with Crippen LogP contribution < -0.4 is 0 Å². The monoisotopic (exact) mass is 497 g/mol. The van der Waals surface area contributed by atoms with Gasteiger partial charge in [0.15, 0.2) is 5.78 Å². The van der Waals surface area contributed by atoms with Crippen LogP contribution in [-0.4, -0.2) is 50.4 Å². The van der Waals surface area contributed by atoms with Gasteiger partial charge >= 0.3 is 0 Å². The summed E-state index contributed by atoms with van der Waals surface area (Å²) < 4.78 is 0. The molecule has 1 amide bonds. The van der Waals surface area contributed by atoms with Crippen LogP contribution in [0, 0.1) is 19.8 Å². The number of Topliss-reactive ketones (excluding diaryl/α,β-unsaturated/α-hetero) is 1. The molecule has 0 bridgehead atoms. The van der Waals surface area contributed by atoms with Crippen LogP contribution in [-0.2, 0) is 16.0 Å². The van der Waals surface area contributed by atoms with Crippen molar-refractivity contribution in [2.45, 2.75) is 65.0 Å². The number of aryl methyl sites for hydroxylation is 3. The highest BCUT2D eigenvalue weighted by atomic mass is 32.1. The highest BCUT2D eigenvalue weighted by molar-refractivity contribution is 7.13. The van der Waals surface area contributed by atoms with Crippen molar-refractivity contribution in [3.05, 3.63) is 57.1 Å². The lowest BCUT2D eigenvalue weighted by Gasteiger charge is -2.29. The van der Waals surface area contributed by atoms with Crippen molar-refractivity contribution >= 4 is 34.4 Å². The third kappa shape index (κ3) is 5.29. The Hall–Kier alpha value is -2.42. The fourth-order valence-corrected chi connectivity index (χ4v) is 6.11. The van der Waals surface area contributed by atoms with Gasteiger partial charge in [0, 0.05) is 24.8 Å². The maximum absolute atomic E-state index is 13.5. The predicted molar refractivity (Wildman–Crippen MR) is 136 cm³/mol. The van der Waals surface area contributed by atoms with E-state index in [1.54, 1.807) is 16.2 Å². The molecule has 0 saturated carbocycles. The SMILES string of the molecule is Cc1nc([C@H](C(=O)N2C[C@H](O)C[C@H]2C(=O)CCc2ccc(-c3scnc3C)cc2)C(C)C)cs1. The quantitative estimate of drug-likeness (QED) is 0.484. The first-order chi connectivity index (χ1) is 16.2. The summed E-state index contributed by atoms with van der Waals surface area (Å²) in [7, 11) is 0. The second kappa shape index (κ2) is 10.5. The van der Waals surface area contributed by atoms with Crippen molar-refractivity contribution in [3.63, 3.8) is 0 Å². The van der Waals surface area contributed by atoms with Crippen molar-refractivity contribution in [2.24, 2.45) is 5.92 Å². The molecular formula is C26H31N3O3S2. The normalized spacial score (nSPS) is 19.1. The second-order valence-electron chi connectivity index (χ2n) is 9.34. The van der Waals surface area contributed by atoms with E-state index in [-0.39, 0.29) is 24.2 Å². The molecule has 34 heavy (non-hydrogen) atoms. The third-order valence-corrected chi connectivity index (χ3v) is 8.21. The van der Waals surface area contributed by atoms with Crippen LogP contribution in [0.2, 0.25) is 0 Å². The number of aromatic nitrogens is 2. The number of rotatable bonds is 8. The predicted octanol–water partition coefficient (Wildman–Crippen LogP) is 4.79. The van der Waals surface area contributed by atoms with E-state index in [4.69, 9.17) is 0 Å². The second-order valence-corrected chi connectivity index (χ2v) is 11.3. The van der Waals surface area contributed by atoms with Gasteiger partial charge in [0.05, 0.1) is 44.8 Å². The Labute approximate surface area is 208 Å². The molecule has 1 aliphatic heterocycles. The molecule has 180 valence electrons. The zero-order chi connectivity index (χ0) is 24.4. The van der Waals surface area contributed by atoms with Crippen LogP contribution in [0.1, 0.15) is 54.6 Å². The van der Waals surface area contributed by atoms with E-state index < -0.39 is 18.1 Å². The molecular weight excluding hydrogens is 466 g/mol. The lowest BCUT2D eigenvalue weighted by Crippen LogP contribution is -2.44. The van der Waals surface area contributed by atoms with E-state index in [2.05, 4.69) is 22.1 Å². The smallest absolute Gasteiger partial charge is 0.232 e. The van der Waals surface area contributed by atoms with Crippen LogP contribution in [0.25, 0.3) is 10.4 Å². The first-order valence-electron chi connectivity index (χ1n) is 11.7. The zero-order valence-corrected chi connectivity index (χ0v) is 21.7. The minimum absolute atomic E-state index is 0.00393. The Balaban J connectivity index is 1.43. The molecule has 1 aromatic carbocycles. The summed E-state index contributed by atoms with van der Waals surface area (Å²) in [4.78, 5) is 38.3. The van der Waals surface area contributed by atoms with E-state index in [1.165, 1.54) is 11.3 Å². The molecule has 0 aliphatic carbocycles. The van der Waals surface area contributed by atoms with E-state index in [0.29, 0.717) is 19.3 Å². The molecule has 8 heteroatoms. The lowest BCUT2D eigenvalue weighted by atomic mass is 9.91. The molecule has 0 radical (unpaired) electrons. The fourth-order valence-electron chi connectivity index (χ4n) is 4.65. The number of hydrogen-bond donors (Lipinski definition) is 1. The van der Waals surface area contributed by atoms with Crippen LogP contribution in [0.15, 0.2) is 35.2 Å². The highest BCUT2D eigenvalue weighted by Crippen LogP contribution is 2.32. The Bertz CT molecular complexity index is 1150. The number of thiazole rings is 2. The van der Waals surface area contributed by atoms with E-state index in [1.807, 2.05) is 50.7 Å². The molecule has 1 saturated heterocycles. The topological polar surface area (TPSA) is 83.4 Å². The number of carbonyl (C=O) groups excluding carboxylic acids is 2. The molecule has 1 fully saturated rings. The van der Waals surface area contributed by atoms with Gasteiger partial charge in [0.25, 0.3) is 0 Å². The molecule has 3 atom stereocenters. The summed E-state index contributed by atoms with van der Waals surface area (Å²) >= 11 is 3.14. The number of carbonyl (C=O) groups is 2. The van der Waals surface area contributed by atoms with Crippen molar-refractivity contribution in [2.75, 3.05) is 6.54 Å². The molecule has 1 aliphatic rings. The number of aliphatic hydroxyl groups excluding tert-OH is 1. The molecule has 1 N–H and O–H groups in total. The Morgan fingerprint density at radius 1 is 1.18 bits per heavy atom. The Kier molecular flexibility index (Phi) is 7.60. The number of aliphatic hydroxyl groups is 1. The van der Waals surface area contributed by atoms with Crippen LogP contribution in [0.5, 0.6) is 0 Å². The minimum Gasteiger partial charge on any atom is -0.391 e. The maximum Gasteiger partial charge on any atom is 0.232 e. The summed E-state index contributed by atoms with van der Waals surface area (Å²) in [5, 5.41) is 13.2. The van der Waals surface area contributed by atoms with Gasteiger partial charge in [0.1, 0.15) is 0 Å². The molecule has 3 aromatic rings. The molecule has 6 nitrogen and oxygen atoms in total. The van der Waals surface area contributed by atoms with E-state index in [9.17, 15) is 14.7 Å². The zero-order valence-electron chi connectivity index (χ0n) is 20.0. The Morgan fingerprint density at radius 3 is 2.50 bits per heavy atom. The van der Waals surface area contributed by atoms with Crippen LogP contribution >= 0.6 is 22.7 Å². The molecule has 0 unspecified atom stereocenters.